The zero-order chi connectivity index (χ0) is 11.3. The van der Waals surface area contributed by atoms with Crippen molar-refractivity contribution in [3.8, 4) is 11.8 Å². The van der Waals surface area contributed by atoms with E-state index in [0.717, 1.165) is 10.4 Å². The Hall–Kier alpha value is -1.51. The molecule has 0 spiro atoms. The van der Waals surface area contributed by atoms with Gasteiger partial charge in [-0.3, -0.25) is 0 Å². The van der Waals surface area contributed by atoms with E-state index in [-0.39, 0.29) is 6.61 Å². The van der Waals surface area contributed by atoms with Crippen LogP contribution in [0.3, 0.4) is 0 Å². The van der Waals surface area contributed by atoms with Crippen LogP contribution in [-0.4, -0.2) is 29.7 Å². The van der Waals surface area contributed by atoms with Gasteiger partial charge in [0.15, 0.2) is 0 Å². The van der Waals surface area contributed by atoms with Gasteiger partial charge in [-0.05, 0) is 6.07 Å². The normalized spacial score (nSPS) is 9.20. The van der Waals surface area contributed by atoms with E-state index in [1.54, 1.807) is 7.05 Å². The molecule has 1 rings (SSSR count). The van der Waals surface area contributed by atoms with Crippen LogP contribution in [0.2, 0.25) is 0 Å². The molecule has 0 fully saturated rings. The van der Waals surface area contributed by atoms with E-state index in [1.807, 2.05) is 11.4 Å². The van der Waals surface area contributed by atoms with Crippen LogP contribution in [0.15, 0.2) is 11.4 Å². The molecular weight excluding hydrogens is 212 g/mol. The highest BCUT2D eigenvalue weighted by Crippen LogP contribution is 2.15. The number of rotatable bonds is 2. The van der Waals surface area contributed by atoms with Crippen LogP contribution in [0.5, 0.6) is 0 Å². The third-order valence-electron chi connectivity index (χ3n) is 1.73. The van der Waals surface area contributed by atoms with Crippen LogP contribution in [0, 0.1) is 11.8 Å². The summed E-state index contributed by atoms with van der Waals surface area (Å²) in [5, 5.41) is 10.4. The molecule has 4 nitrogen and oxygen atoms in total. The summed E-state index contributed by atoms with van der Waals surface area (Å²) in [6.07, 6.45) is 0. The molecule has 15 heavy (non-hydrogen) atoms. The molecule has 0 aliphatic rings. The number of carbonyl (C=O) groups excluding carboxylic acids is 1. The topological polar surface area (TPSA) is 66.6 Å². The first-order valence-electron chi connectivity index (χ1n) is 4.31. The quantitative estimate of drug-likeness (QED) is 0.722. The molecular formula is C10H12N2O2S. The first-order chi connectivity index (χ1) is 7.13. The van der Waals surface area contributed by atoms with Gasteiger partial charge in [-0.25, -0.2) is 4.79 Å². The lowest BCUT2D eigenvalue weighted by atomic mass is 10.3. The second kappa shape index (κ2) is 5.39. The molecule has 1 heterocycles. The maximum Gasteiger partial charge on any atom is 0.314 e. The summed E-state index contributed by atoms with van der Waals surface area (Å²) in [4.78, 5) is 13.2. The second-order valence-corrected chi connectivity index (χ2v) is 3.95. The minimum Gasteiger partial charge on any atom is -0.384 e. The van der Waals surface area contributed by atoms with E-state index >= 15 is 0 Å². The van der Waals surface area contributed by atoms with Crippen molar-refractivity contribution in [2.45, 2.75) is 6.54 Å². The third-order valence-corrected chi connectivity index (χ3v) is 2.66. The number of primary amides is 1. The number of carbonyl (C=O) groups is 1. The van der Waals surface area contributed by atoms with E-state index in [1.165, 1.54) is 16.2 Å². The first kappa shape index (κ1) is 11.6. The summed E-state index contributed by atoms with van der Waals surface area (Å²) in [5.41, 5.74) is 5.95. The molecule has 1 aromatic heterocycles. The molecule has 0 radical (unpaired) electrons. The van der Waals surface area contributed by atoms with Crippen LogP contribution in [0.4, 0.5) is 4.79 Å². The number of hydrogen-bond donors (Lipinski definition) is 2. The lowest BCUT2D eigenvalue weighted by Gasteiger charge is -2.11. The average Bonchev–Trinajstić information content (AvgIpc) is 2.62. The van der Waals surface area contributed by atoms with E-state index < -0.39 is 6.03 Å². The number of amides is 2. The summed E-state index contributed by atoms with van der Waals surface area (Å²) < 4.78 is 0. The lowest BCUT2D eigenvalue weighted by Crippen LogP contribution is -2.31. The van der Waals surface area contributed by atoms with E-state index in [9.17, 15) is 4.79 Å². The average molecular weight is 224 g/mol. The molecule has 2 amide bonds. The SMILES string of the molecule is CN(Cc1cc(C#CCO)cs1)C(N)=O. The second-order valence-electron chi connectivity index (χ2n) is 2.96. The van der Waals surface area contributed by atoms with Gasteiger partial charge in [-0.15, -0.1) is 11.3 Å². The van der Waals surface area contributed by atoms with Crippen molar-refractivity contribution in [2.75, 3.05) is 13.7 Å². The fourth-order valence-corrected chi connectivity index (χ4v) is 1.85. The highest BCUT2D eigenvalue weighted by molar-refractivity contribution is 7.10. The standard InChI is InChI=1S/C10H12N2O2S/c1-12(10(11)14)6-9-5-8(7-15-9)3-2-4-13/h5,7,13H,4,6H2,1H3,(H2,11,14). The Morgan fingerprint density at radius 3 is 3.07 bits per heavy atom. The number of aliphatic hydroxyl groups excluding tert-OH is 1. The van der Waals surface area contributed by atoms with Crippen molar-refractivity contribution in [1.29, 1.82) is 0 Å². The monoisotopic (exact) mass is 224 g/mol. The number of hydrogen-bond acceptors (Lipinski definition) is 3. The number of nitrogens with two attached hydrogens (primary N) is 1. The Morgan fingerprint density at radius 1 is 1.73 bits per heavy atom. The van der Waals surface area contributed by atoms with Gasteiger partial charge in [0.2, 0.25) is 0 Å². The molecule has 0 atom stereocenters. The smallest absolute Gasteiger partial charge is 0.314 e. The van der Waals surface area contributed by atoms with Crippen molar-refractivity contribution in [2.24, 2.45) is 5.73 Å². The molecule has 0 aromatic carbocycles. The number of aliphatic hydroxyl groups is 1. The highest BCUT2D eigenvalue weighted by Gasteiger charge is 2.05. The van der Waals surface area contributed by atoms with Crippen LogP contribution in [0.1, 0.15) is 10.4 Å². The third kappa shape index (κ3) is 3.62. The van der Waals surface area contributed by atoms with Crippen molar-refractivity contribution in [3.63, 3.8) is 0 Å². The van der Waals surface area contributed by atoms with Gasteiger partial charge in [0.25, 0.3) is 0 Å². The minimum absolute atomic E-state index is 0.146. The molecule has 0 aliphatic carbocycles. The Labute approximate surface area is 92.3 Å². The van der Waals surface area contributed by atoms with E-state index in [4.69, 9.17) is 10.8 Å². The Balaban J connectivity index is 2.64. The maximum atomic E-state index is 10.8. The fraction of sp³-hybridized carbons (Fsp3) is 0.300. The maximum absolute atomic E-state index is 10.8. The molecule has 1 aromatic rings. The van der Waals surface area contributed by atoms with Crippen molar-refractivity contribution in [3.05, 3.63) is 21.9 Å². The van der Waals surface area contributed by atoms with Crippen LogP contribution in [0.25, 0.3) is 0 Å². The van der Waals surface area contributed by atoms with Gasteiger partial charge in [0.05, 0.1) is 6.54 Å². The van der Waals surface area contributed by atoms with Crippen molar-refractivity contribution < 1.29 is 9.90 Å². The van der Waals surface area contributed by atoms with Crippen LogP contribution >= 0.6 is 11.3 Å². The largest absolute Gasteiger partial charge is 0.384 e. The number of nitrogens with zero attached hydrogens (tertiary/aromatic N) is 1. The molecule has 0 bridgehead atoms. The van der Waals surface area contributed by atoms with Gasteiger partial charge < -0.3 is 15.7 Å². The van der Waals surface area contributed by atoms with Crippen molar-refractivity contribution in [1.82, 2.24) is 4.90 Å². The summed E-state index contributed by atoms with van der Waals surface area (Å²) in [6.45, 7) is 0.340. The van der Waals surface area contributed by atoms with Crippen molar-refractivity contribution >= 4 is 17.4 Å². The van der Waals surface area contributed by atoms with Gasteiger partial charge in [-0.1, -0.05) is 11.8 Å². The van der Waals surface area contributed by atoms with Gasteiger partial charge in [0.1, 0.15) is 6.61 Å². The molecule has 80 valence electrons. The first-order valence-corrected chi connectivity index (χ1v) is 5.19. The summed E-state index contributed by atoms with van der Waals surface area (Å²) in [7, 11) is 1.64. The Kier molecular flexibility index (Phi) is 4.16. The predicted octanol–water partition coefficient (Wildman–Crippen LogP) is 0.602. The van der Waals surface area contributed by atoms with Gasteiger partial charge >= 0.3 is 6.03 Å². The highest BCUT2D eigenvalue weighted by atomic mass is 32.1. The van der Waals surface area contributed by atoms with E-state index in [2.05, 4.69) is 11.8 Å². The molecule has 3 N–H and O–H groups in total. The summed E-state index contributed by atoms with van der Waals surface area (Å²) in [6, 6.07) is 1.43. The zero-order valence-electron chi connectivity index (χ0n) is 8.36. The lowest BCUT2D eigenvalue weighted by molar-refractivity contribution is 0.217. The molecule has 0 saturated heterocycles. The summed E-state index contributed by atoms with van der Waals surface area (Å²) in [5.74, 6) is 5.35. The molecule has 5 heteroatoms. The fourth-order valence-electron chi connectivity index (χ4n) is 0.982. The molecule has 0 saturated carbocycles. The van der Waals surface area contributed by atoms with Crippen LogP contribution in [-0.2, 0) is 6.54 Å². The Morgan fingerprint density at radius 2 is 2.47 bits per heavy atom. The number of urea groups is 1. The molecule has 0 unspecified atom stereocenters. The van der Waals surface area contributed by atoms with Crippen LogP contribution < -0.4 is 5.73 Å². The zero-order valence-corrected chi connectivity index (χ0v) is 9.17. The number of thiophene rings is 1. The predicted molar refractivity (Wildman–Crippen MR) is 59.3 cm³/mol. The Bertz CT molecular complexity index is 403. The van der Waals surface area contributed by atoms with E-state index in [0.29, 0.717) is 6.54 Å². The van der Waals surface area contributed by atoms with Gasteiger partial charge in [0, 0.05) is 22.9 Å². The van der Waals surface area contributed by atoms with Gasteiger partial charge in [-0.2, -0.15) is 0 Å². The minimum atomic E-state index is -0.452. The summed E-state index contributed by atoms with van der Waals surface area (Å²) >= 11 is 1.51. The molecule has 0 aliphatic heterocycles.